The molecule has 0 aliphatic carbocycles. The van der Waals surface area contributed by atoms with Gasteiger partial charge in [-0.2, -0.15) is 0 Å². The second-order valence-electron chi connectivity index (χ2n) is 14.9. The van der Waals surface area contributed by atoms with Crippen molar-refractivity contribution in [3.05, 3.63) is 0 Å². The molecule has 3 aliphatic rings. The molecular formula is C31H65N7O2. The molecule has 0 bridgehead atoms. The molecule has 0 saturated carbocycles. The minimum Gasteiger partial charge on any atom is -0.340 e. The fraction of sp³-hybridized carbons (Fsp3) is 0.935. The molecule has 0 atom stereocenters. The van der Waals surface area contributed by atoms with Crippen LogP contribution in [-0.4, -0.2) is 169 Å². The molecule has 9 heteroatoms. The summed E-state index contributed by atoms with van der Waals surface area (Å²) in [5.74, 6) is 0.451. The number of hydrogen-bond donors (Lipinski definition) is 0. The predicted molar refractivity (Wildman–Crippen MR) is 169 cm³/mol. The smallest absolute Gasteiger partial charge is 0.236 e. The van der Waals surface area contributed by atoms with Crippen molar-refractivity contribution in [2.24, 2.45) is 0 Å². The zero-order valence-corrected chi connectivity index (χ0v) is 28.6. The van der Waals surface area contributed by atoms with E-state index in [1.54, 1.807) is 6.92 Å². The lowest BCUT2D eigenvalue weighted by atomic mass is 10.0. The fourth-order valence-electron chi connectivity index (χ4n) is 5.17. The molecule has 2 amide bonds. The first-order valence-electron chi connectivity index (χ1n) is 15.3. The van der Waals surface area contributed by atoms with Gasteiger partial charge in [-0.15, -0.1) is 0 Å². The molecule has 0 aromatic rings. The van der Waals surface area contributed by atoms with E-state index < -0.39 is 0 Å². The Labute approximate surface area is 247 Å². The van der Waals surface area contributed by atoms with E-state index in [1.165, 1.54) is 26.2 Å². The van der Waals surface area contributed by atoms with Crippen LogP contribution in [0.15, 0.2) is 0 Å². The van der Waals surface area contributed by atoms with Gasteiger partial charge in [0.1, 0.15) is 0 Å². The minimum atomic E-state index is 0.202. The number of amides is 2. The number of hydrogen-bond acceptors (Lipinski definition) is 7. The highest BCUT2D eigenvalue weighted by Gasteiger charge is 2.28. The van der Waals surface area contributed by atoms with Crippen LogP contribution in [0.3, 0.4) is 0 Å². The third-order valence-corrected chi connectivity index (χ3v) is 8.16. The lowest BCUT2D eigenvalue weighted by Crippen LogP contribution is -2.55. The molecule has 0 aromatic carbocycles. The summed E-state index contributed by atoms with van der Waals surface area (Å²) in [4.78, 5) is 38.5. The molecule has 0 aromatic heterocycles. The molecule has 9 nitrogen and oxygen atoms in total. The van der Waals surface area contributed by atoms with Gasteiger partial charge in [0.2, 0.25) is 11.8 Å². The average Bonchev–Trinajstić information content (AvgIpc) is 2.83. The van der Waals surface area contributed by atoms with E-state index in [-0.39, 0.29) is 22.9 Å². The first kappa shape index (κ1) is 36.8. The molecule has 3 rings (SSSR count). The van der Waals surface area contributed by atoms with Gasteiger partial charge in [0.05, 0.1) is 6.54 Å². The lowest BCUT2D eigenvalue weighted by Gasteiger charge is -2.42. The van der Waals surface area contributed by atoms with Gasteiger partial charge in [0.25, 0.3) is 0 Å². The van der Waals surface area contributed by atoms with Crippen LogP contribution in [0.25, 0.3) is 0 Å². The van der Waals surface area contributed by atoms with E-state index in [4.69, 9.17) is 0 Å². The monoisotopic (exact) mass is 568 g/mol. The highest BCUT2D eigenvalue weighted by molar-refractivity contribution is 5.78. The Morgan fingerprint density at radius 2 is 0.850 bits per heavy atom. The number of piperazine rings is 3. The number of likely N-dealkylation sites (N-methyl/N-ethyl adjacent to an activating group) is 2. The van der Waals surface area contributed by atoms with Crippen molar-refractivity contribution in [3.8, 4) is 0 Å². The summed E-state index contributed by atoms with van der Waals surface area (Å²) in [6.07, 6.45) is 0. The summed E-state index contributed by atoms with van der Waals surface area (Å²) in [7, 11) is 6.06. The zero-order valence-electron chi connectivity index (χ0n) is 28.6. The van der Waals surface area contributed by atoms with Gasteiger partial charge in [-0.25, -0.2) is 0 Å². The number of rotatable bonds is 2. The molecule has 0 spiro atoms. The van der Waals surface area contributed by atoms with Gasteiger partial charge in [-0.1, -0.05) is 0 Å². The van der Waals surface area contributed by atoms with Crippen LogP contribution in [0.5, 0.6) is 0 Å². The molecule has 3 saturated heterocycles. The average molecular weight is 568 g/mol. The summed E-state index contributed by atoms with van der Waals surface area (Å²) < 4.78 is 0. The highest BCUT2D eigenvalue weighted by atomic mass is 16.2. The van der Waals surface area contributed by atoms with Gasteiger partial charge >= 0.3 is 0 Å². The van der Waals surface area contributed by atoms with E-state index in [9.17, 15) is 9.59 Å². The van der Waals surface area contributed by atoms with Crippen LogP contribution in [0.4, 0.5) is 0 Å². The first-order chi connectivity index (χ1) is 18.2. The van der Waals surface area contributed by atoms with Crippen LogP contribution in [-0.2, 0) is 9.59 Å². The van der Waals surface area contributed by atoms with Crippen molar-refractivity contribution in [2.45, 2.75) is 85.9 Å². The van der Waals surface area contributed by atoms with Crippen LogP contribution in [0.2, 0.25) is 0 Å². The van der Waals surface area contributed by atoms with Gasteiger partial charge in [0.15, 0.2) is 0 Å². The summed E-state index contributed by atoms with van der Waals surface area (Å²) in [6, 6.07) is 0. The van der Waals surface area contributed by atoms with Crippen LogP contribution >= 0.6 is 0 Å². The summed E-state index contributed by atoms with van der Waals surface area (Å²) in [5.41, 5.74) is 0.820. The summed E-state index contributed by atoms with van der Waals surface area (Å²) in [5, 5.41) is 0. The van der Waals surface area contributed by atoms with Crippen molar-refractivity contribution in [1.29, 1.82) is 0 Å². The Morgan fingerprint density at radius 1 is 0.550 bits per heavy atom. The normalized spacial score (nSPS) is 20.9. The third-order valence-electron chi connectivity index (χ3n) is 8.16. The molecule has 0 radical (unpaired) electrons. The minimum absolute atomic E-state index is 0.202. The van der Waals surface area contributed by atoms with Crippen molar-refractivity contribution in [1.82, 2.24) is 34.3 Å². The molecule has 3 fully saturated rings. The molecule has 0 N–H and O–H groups in total. The summed E-state index contributed by atoms with van der Waals surface area (Å²) >= 11 is 0. The first-order valence-corrected chi connectivity index (χ1v) is 15.3. The lowest BCUT2D eigenvalue weighted by molar-refractivity contribution is -0.134. The van der Waals surface area contributed by atoms with Crippen LogP contribution < -0.4 is 0 Å². The quantitative estimate of drug-likeness (QED) is 0.508. The van der Waals surface area contributed by atoms with Gasteiger partial charge < -0.3 is 19.6 Å². The Morgan fingerprint density at radius 3 is 1.12 bits per heavy atom. The van der Waals surface area contributed by atoms with Crippen LogP contribution in [0.1, 0.15) is 69.2 Å². The third kappa shape index (κ3) is 13.6. The van der Waals surface area contributed by atoms with Crippen molar-refractivity contribution in [2.75, 3.05) is 106 Å². The standard InChI is InChI=1S/C12H25N3O.C10H20N2O.C9H20N2/c1-12(2,3)15-8-6-14(7-9-15)11(16)10-13(4)5;1-9(13)11-5-7-12(8-6-11)10(2,3)4;1-9(2,3)11-7-5-10(4)6-8-11/h6-10H2,1-5H3;5-8H2,1-4H3;5-8H2,1-4H3. The maximum Gasteiger partial charge on any atom is 0.236 e. The Balaban J connectivity index is 0.000000305. The highest BCUT2D eigenvalue weighted by Crippen LogP contribution is 2.17. The Hall–Kier alpha value is -1.26. The number of carbonyl (C=O) groups is 2. The number of carbonyl (C=O) groups excluding carboxylic acids is 2. The molecule has 3 heterocycles. The molecule has 40 heavy (non-hydrogen) atoms. The largest absolute Gasteiger partial charge is 0.340 e. The van der Waals surface area contributed by atoms with Gasteiger partial charge in [-0.05, 0) is 83.5 Å². The van der Waals surface area contributed by atoms with E-state index in [1.807, 2.05) is 28.8 Å². The van der Waals surface area contributed by atoms with Crippen molar-refractivity contribution >= 4 is 11.8 Å². The Bertz CT molecular complexity index is 743. The van der Waals surface area contributed by atoms with E-state index in [0.29, 0.717) is 12.1 Å². The zero-order chi connectivity index (χ0) is 30.9. The van der Waals surface area contributed by atoms with Gasteiger partial charge in [0, 0.05) is 102 Å². The maximum absolute atomic E-state index is 11.8. The van der Waals surface area contributed by atoms with E-state index in [0.717, 1.165) is 52.4 Å². The van der Waals surface area contributed by atoms with Gasteiger partial charge in [-0.3, -0.25) is 24.3 Å². The fourth-order valence-corrected chi connectivity index (χ4v) is 5.17. The van der Waals surface area contributed by atoms with E-state index in [2.05, 4.69) is 89.0 Å². The predicted octanol–water partition coefficient (Wildman–Crippen LogP) is 2.47. The molecule has 0 unspecified atom stereocenters. The maximum atomic E-state index is 11.8. The van der Waals surface area contributed by atoms with E-state index >= 15 is 0 Å². The SMILES string of the molecule is CC(=O)N1CCN(C(C)(C)C)CC1.CN(C)CC(=O)N1CCN(C(C)(C)C)CC1.CN1CCN(C(C)(C)C)CC1. The molecule has 236 valence electrons. The second-order valence-corrected chi connectivity index (χ2v) is 14.9. The second kappa shape index (κ2) is 15.8. The van der Waals surface area contributed by atoms with Crippen molar-refractivity contribution in [3.63, 3.8) is 0 Å². The topological polar surface area (TPSA) is 56.8 Å². The summed E-state index contributed by atoms with van der Waals surface area (Å²) in [6.45, 7) is 34.7. The number of nitrogens with zero attached hydrogens (tertiary/aromatic N) is 7. The Kier molecular flexibility index (Phi) is 14.5. The molecule has 3 aliphatic heterocycles. The van der Waals surface area contributed by atoms with Crippen LogP contribution in [0, 0.1) is 0 Å². The van der Waals surface area contributed by atoms with Crippen molar-refractivity contribution < 1.29 is 9.59 Å². The molecular weight excluding hydrogens is 502 g/mol.